The van der Waals surface area contributed by atoms with Crippen LogP contribution in [0.1, 0.15) is 32.3 Å². The molecule has 0 saturated heterocycles. The minimum Gasteiger partial charge on any atom is -0.319 e. The molecule has 0 spiro atoms. The Hall–Kier alpha value is -0.890. The maximum Gasteiger partial charge on any atom is 0.0270 e. The van der Waals surface area contributed by atoms with Gasteiger partial charge in [0.05, 0.1) is 0 Å². The first kappa shape index (κ1) is 11.2. The summed E-state index contributed by atoms with van der Waals surface area (Å²) in [6.07, 6.45) is 3.73. The van der Waals surface area contributed by atoms with Crippen LogP contribution in [0.25, 0.3) is 0 Å². The Morgan fingerprint density at radius 1 is 1.29 bits per heavy atom. The fraction of sp³-hybridized carbons (Fsp3) is 0.583. The molecule has 1 rings (SSSR count). The van der Waals surface area contributed by atoms with Crippen LogP contribution in [0.4, 0.5) is 0 Å². The number of hydrogen-bond donors (Lipinski definition) is 1. The lowest BCUT2D eigenvalue weighted by molar-refractivity contribution is 0.314. The van der Waals surface area contributed by atoms with Gasteiger partial charge in [-0.2, -0.15) is 0 Å². The molecule has 0 radical (unpaired) electrons. The normalized spacial score (nSPS) is 14.0. The molecule has 2 nitrogen and oxygen atoms in total. The van der Waals surface area contributed by atoms with E-state index in [4.69, 9.17) is 0 Å². The van der Waals surface area contributed by atoms with Gasteiger partial charge in [0.1, 0.15) is 0 Å². The lowest BCUT2D eigenvalue weighted by atomic mass is 9.77. The summed E-state index contributed by atoms with van der Waals surface area (Å²) >= 11 is 0. The van der Waals surface area contributed by atoms with Crippen LogP contribution in [0.15, 0.2) is 24.5 Å². The highest BCUT2D eigenvalue weighted by atomic mass is 14.8. The second-order valence-corrected chi connectivity index (χ2v) is 4.76. The molecule has 1 heterocycles. The van der Waals surface area contributed by atoms with Gasteiger partial charge in [0.25, 0.3) is 0 Å². The highest BCUT2D eigenvalue weighted by molar-refractivity contribution is 5.18. The Kier molecular flexibility index (Phi) is 3.64. The molecule has 0 bridgehead atoms. The summed E-state index contributed by atoms with van der Waals surface area (Å²) in [6, 6.07) is 4.21. The van der Waals surface area contributed by atoms with Crippen molar-refractivity contribution in [3.05, 3.63) is 30.1 Å². The van der Waals surface area contributed by atoms with E-state index in [-0.39, 0.29) is 5.41 Å². The van der Waals surface area contributed by atoms with Crippen molar-refractivity contribution in [1.29, 1.82) is 0 Å². The van der Waals surface area contributed by atoms with E-state index in [2.05, 4.69) is 43.2 Å². The molecule has 1 atom stereocenters. The van der Waals surface area contributed by atoms with Crippen LogP contribution >= 0.6 is 0 Å². The molecular formula is C12H20N2. The van der Waals surface area contributed by atoms with E-state index in [9.17, 15) is 0 Å². The van der Waals surface area contributed by atoms with Gasteiger partial charge in [0.15, 0.2) is 0 Å². The van der Waals surface area contributed by atoms with Crippen molar-refractivity contribution >= 4 is 0 Å². The topological polar surface area (TPSA) is 24.9 Å². The van der Waals surface area contributed by atoms with E-state index in [0.29, 0.717) is 5.92 Å². The summed E-state index contributed by atoms with van der Waals surface area (Å²) < 4.78 is 0. The summed E-state index contributed by atoms with van der Waals surface area (Å²) in [5.74, 6) is 0.537. The Balaban J connectivity index is 2.89. The minimum absolute atomic E-state index is 0.282. The number of pyridine rings is 1. The standard InChI is InChI=1S/C12H20N2/c1-12(2,3)11(9-13-4)10-5-7-14-8-6-10/h5-8,11,13H,9H2,1-4H3. The monoisotopic (exact) mass is 192 g/mol. The van der Waals surface area contributed by atoms with Crippen LogP contribution < -0.4 is 5.32 Å². The molecule has 1 N–H and O–H groups in total. The van der Waals surface area contributed by atoms with E-state index in [1.807, 2.05) is 19.4 Å². The van der Waals surface area contributed by atoms with Gasteiger partial charge < -0.3 is 5.32 Å². The van der Waals surface area contributed by atoms with E-state index in [1.54, 1.807) is 0 Å². The average Bonchev–Trinajstić information content (AvgIpc) is 2.14. The average molecular weight is 192 g/mol. The molecular weight excluding hydrogens is 172 g/mol. The molecule has 1 aromatic rings. The maximum absolute atomic E-state index is 4.05. The van der Waals surface area contributed by atoms with E-state index in [0.717, 1.165) is 6.54 Å². The predicted molar refractivity (Wildman–Crippen MR) is 60.4 cm³/mol. The van der Waals surface area contributed by atoms with Crippen molar-refractivity contribution in [3.63, 3.8) is 0 Å². The summed E-state index contributed by atoms with van der Waals surface area (Å²) in [5.41, 5.74) is 1.64. The third-order valence-electron chi connectivity index (χ3n) is 2.56. The van der Waals surface area contributed by atoms with Crippen molar-refractivity contribution in [2.45, 2.75) is 26.7 Å². The van der Waals surface area contributed by atoms with Crippen molar-refractivity contribution in [2.24, 2.45) is 5.41 Å². The van der Waals surface area contributed by atoms with Crippen LogP contribution in [0.2, 0.25) is 0 Å². The first-order valence-electron chi connectivity index (χ1n) is 5.10. The first-order chi connectivity index (χ1) is 6.55. The smallest absolute Gasteiger partial charge is 0.0270 e. The largest absolute Gasteiger partial charge is 0.319 e. The lowest BCUT2D eigenvalue weighted by Crippen LogP contribution is -2.28. The van der Waals surface area contributed by atoms with E-state index >= 15 is 0 Å². The van der Waals surface area contributed by atoms with E-state index < -0.39 is 0 Å². The first-order valence-corrected chi connectivity index (χ1v) is 5.10. The third kappa shape index (κ3) is 2.81. The van der Waals surface area contributed by atoms with Crippen molar-refractivity contribution in [3.8, 4) is 0 Å². The number of nitrogens with zero attached hydrogens (tertiary/aromatic N) is 1. The number of hydrogen-bond acceptors (Lipinski definition) is 2. The second-order valence-electron chi connectivity index (χ2n) is 4.76. The van der Waals surface area contributed by atoms with Crippen molar-refractivity contribution in [1.82, 2.24) is 10.3 Å². The fourth-order valence-electron chi connectivity index (χ4n) is 1.72. The summed E-state index contributed by atoms with van der Waals surface area (Å²) in [7, 11) is 2.00. The number of aromatic nitrogens is 1. The molecule has 0 aliphatic carbocycles. The zero-order valence-electron chi connectivity index (χ0n) is 9.54. The molecule has 78 valence electrons. The van der Waals surface area contributed by atoms with Crippen molar-refractivity contribution in [2.75, 3.05) is 13.6 Å². The molecule has 1 aromatic heterocycles. The molecule has 0 aliphatic heterocycles. The van der Waals surface area contributed by atoms with Gasteiger partial charge in [-0.15, -0.1) is 0 Å². The zero-order valence-corrected chi connectivity index (χ0v) is 9.54. The highest BCUT2D eigenvalue weighted by Crippen LogP contribution is 2.33. The number of likely N-dealkylation sites (N-methyl/N-ethyl adjacent to an activating group) is 1. The Morgan fingerprint density at radius 2 is 1.86 bits per heavy atom. The van der Waals surface area contributed by atoms with Gasteiger partial charge >= 0.3 is 0 Å². The number of rotatable bonds is 3. The molecule has 0 aromatic carbocycles. The molecule has 2 heteroatoms. The van der Waals surface area contributed by atoms with Gasteiger partial charge in [-0.05, 0) is 30.2 Å². The molecule has 0 aliphatic rings. The summed E-state index contributed by atoms with van der Waals surface area (Å²) in [6.45, 7) is 7.83. The van der Waals surface area contributed by atoms with Crippen LogP contribution in [-0.2, 0) is 0 Å². The quantitative estimate of drug-likeness (QED) is 0.795. The fourth-order valence-corrected chi connectivity index (χ4v) is 1.72. The maximum atomic E-state index is 4.05. The van der Waals surface area contributed by atoms with Gasteiger partial charge in [-0.25, -0.2) is 0 Å². The van der Waals surface area contributed by atoms with Crippen LogP contribution in [0.5, 0.6) is 0 Å². The van der Waals surface area contributed by atoms with Crippen LogP contribution in [-0.4, -0.2) is 18.6 Å². The molecule has 0 saturated carbocycles. The Morgan fingerprint density at radius 3 is 2.29 bits per heavy atom. The Labute approximate surface area is 86.8 Å². The van der Waals surface area contributed by atoms with Crippen molar-refractivity contribution < 1.29 is 0 Å². The van der Waals surface area contributed by atoms with Gasteiger partial charge in [0.2, 0.25) is 0 Å². The lowest BCUT2D eigenvalue weighted by Gasteiger charge is -2.30. The minimum atomic E-state index is 0.282. The molecule has 0 amide bonds. The van der Waals surface area contributed by atoms with E-state index in [1.165, 1.54) is 5.56 Å². The van der Waals surface area contributed by atoms with Gasteiger partial charge in [-0.1, -0.05) is 20.8 Å². The predicted octanol–water partition coefficient (Wildman–Crippen LogP) is 2.43. The summed E-state index contributed by atoms with van der Waals surface area (Å²) in [5, 5.41) is 3.25. The Bertz CT molecular complexity index is 261. The molecule has 14 heavy (non-hydrogen) atoms. The van der Waals surface area contributed by atoms with Gasteiger partial charge in [0, 0.05) is 24.9 Å². The third-order valence-corrected chi connectivity index (χ3v) is 2.56. The highest BCUT2D eigenvalue weighted by Gasteiger charge is 2.25. The number of nitrogens with one attached hydrogen (secondary N) is 1. The molecule has 0 fully saturated rings. The molecule has 1 unspecified atom stereocenters. The summed E-state index contributed by atoms with van der Waals surface area (Å²) in [4.78, 5) is 4.05. The zero-order chi connectivity index (χ0) is 10.6. The second kappa shape index (κ2) is 4.56. The van der Waals surface area contributed by atoms with Crippen LogP contribution in [0, 0.1) is 5.41 Å². The van der Waals surface area contributed by atoms with Gasteiger partial charge in [-0.3, -0.25) is 4.98 Å². The SMILES string of the molecule is CNCC(c1ccncc1)C(C)(C)C. The van der Waals surface area contributed by atoms with Crippen LogP contribution in [0.3, 0.4) is 0 Å².